The fourth-order valence-electron chi connectivity index (χ4n) is 4.22. The summed E-state index contributed by atoms with van der Waals surface area (Å²) in [7, 11) is 1.93. The first kappa shape index (κ1) is 16.8. The molecular formula is C17H32N6. The van der Waals surface area contributed by atoms with E-state index in [0.717, 1.165) is 17.8 Å². The van der Waals surface area contributed by atoms with Gasteiger partial charge in [-0.05, 0) is 88.5 Å². The maximum atomic E-state index is 4.17. The third-order valence-corrected chi connectivity index (χ3v) is 5.99. The van der Waals surface area contributed by atoms with Crippen molar-refractivity contribution in [2.45, 2.75) is 64.5 Å². The lowest BCUT2D eigenvalue weighted by Gasteiger charge is -2.37. The van der Waals surface area contributed by atoms with Crippen molar-refractivity contribution in [1.82, 2.24) is 30.0 Å². The fraction of sp³-hybridized carbons (Fsp3) is 0.941. The van der Waals surface area contributed by atoms with Crippen molar-refractivity contribution in [3.05, 3.63) is 5.82 Å². The van der Waals surface area contributed by atoms with Gasteiger partial charge in [0.15, 0.2) is 5.82 Å². The van der Waals surface area contributed by atoms with Crippen LogP contribution in [-0.2, 0) is 7.05 Å². The van der Waals surface area contributed by atoms with Crippen molar-refractivity contribution in [3.8, 4) is 0 Å². The Morgan fingerprint density at radius 2 is 1.91 bits per heavy atom. The first-order valence-corrected chi connectivity index (χ1v) is 9.35. The molecule has 0 bridgehead atoms. The number of hydrogen-bond acceptors (Lipinski definition) is 5. The molecule has 6 heteroatoms. The first-order valence-electron chi connectivity index (χ1n) is 9.35. The van der Waals surface area contributed by atoms with Gasteiger partial charge in [0.25, 0.3) is 0 Å². The minimum Gasteiger partial charge on any atom is -0.301 e. The molecule has 2 aliphatic heterocycles. The molecule has 0 spiro atoms. The Bertz CT molecular complexity index is 479. The molecule has 2 aliphatic rings. The topological polar surface area (TPSA) is 50.1 Å². The number of aryl methyl sites for hydroxylation is 1. The van der Waals surface area contributed by atoms with Crippen molar-refractivity contribution < 1.29 is 0 Å². The lowest BCUT2D eigenvalue weighted by molar-refractivity contribution is 0.109. The van der Waals surface area contributed by atoms with Gasteiger partial charge in [-0.15, -0.1) is 5.10 Å². The standard InChI is InChI=1S/C17H32N6/c1-14-6-4-5-10-22(14)11-7-16-8-12-23(13-9-16)15(2)17-18-19-20-21(17)3/h14-16H,4-13H2,1-3H3/t14-,15+/m0/s1. The Labute approximate surface area is 140 Å². The van der Waals surface area contributed by atoms with Gasteiger partial charge in [-0.1, -0.05) is 6.42 Å². The molecule has 0 aromatic carbocycles. The van der Waals surface area contributed by atoms with Crippen molar-refractivity contribution >= 4 is 0 Å². The summed E-state index contributed by atoms with van der Waals surface area (Å²) in [6.07, 6.45) is 8.21. The van der Waals surface area contributed by atoms with E-state index in [1.807, 2.05) is 7.05 Å². The summed E-state index contributed by atoms with van der Waals surface area (Å²) in [5.41, 5.74) is 0. The predicted molar refractivity (Wildman–Crippen MR) is 91.0 cm³/mol. The third-order valence-electron chi connectivity index (χ3n) is 5.99. The Balaban J connectivity index is 1.42. The Morgan fingerprint density at radius 3 is 2.57 bits per heavy atom. The second-order valence-electron chi connectivity index (χ2n) is 7.49. The van der Waals surface area contributed by atoms with Crippen LogP contribution in [-0.4, -0.2) is 62.2 Å². The minimum absolute atomic E-state index is 0.318. The van der Waals surface area contributed by atoms with Gasteiger partial charge in [0.1, 0.15) is 0 Å². The van der Waals surface area contributed by atoms with Crippen LogP contribution < -0.4 is 0 Å². The van der Waals surface area contributed by atoms with E-state index in [1.54, 1.807) is 4.68 Å². The zero-order valence-corrected chi connectivity index (χ0v) is 15.0. The van der Waals surface area contributed by atoms with E-state index in [-0.39, 0.29) is 0 Å². The fourth-order valence-corrected chi connectivity index (χ4v) is 4.22. The molecular weight excluding hydrogens is 288 g/mol. The highest BCUT2D eigenvalue weighted by Crippen LogP contribution is 2.27. The molecule has 0 saturated carbocycles. The summed E-state index contributed by atoms with van der Waals surface area (Å²) in [5, 5.41) is 11.9. The smallest absolute Gasteiger partial charge is 0.167 e. The van der Waals surface area contributed by atoms with Gasteiger partial charge in [0.2, 0.25) is 0 Å². The first-order chi connectivity index (χ1) is 11.1. The summed E-state index contributed by atoms with van der Waals surface area (Å²) in [6, 6.07) is 1.12. The predicted octanol–water partition coefficient (Wildman–Crippen LogP) is 2.25. The van der Waals surface area contributed by atoms with Crippen LogP contribution in [0.5, 0.6) is 0 Å². The van der Waals surface area contributed by atoms with Crippen LogP contribution in [0.2, 0.25) is 0 Å². The second-order valence-corrected chi connectivity index (χ2v) is 7.49. The Morgan fingerprint density at radius 1 is 1.13 bits per heavy atom. The zero-order chi connectivity index (χ0) is 16.2. The normalized spacial score (nSPS) is 26.5. The summed E-state index contributed by atoms with van der Waals surface area (Å²) < 4.78 is 1.80. The van der Waals surface area contributed by atoms with Gasteiger partial charge in [-0.3, -0.25) is 4.90 Å². The Kier molecular flexibility index (Phi) is 5.64. The van der Waals surface area contributed by atoms with Gasteiger partial charge in [-0.25, -0.2) is 4.68 Å². The van der Waals surface area contributed by atoms with Crippen LogP contribution in [0.4, 0.5) is 0 Å². The molecule has 0 amide bonds. The molecule has 130 valence electrons. The SMILES string of the molecule is C[C@H](c1nnnn1C)N1CCC(CCN2CCCC[C@@H]2C)CC1. The van der Waals surface area contributed by atoms with E-state index in [0.29, 0.717) is 6.04 Å². The van der Waals surface area contributed by atoms with Gasteiger partial charge in [-0.2, -0.15) is 0 Å². The monoisotopic (exact) mass is 320 g/mol. The molecule has 1 aromatic rings. The van der Waals surface area contributed by atoms with Gasteiger partial charge < -0.3 is 4.90 Å². The van der Waals surface area contributed by atoms with E-state index < -0.39 is 0 Å². The molecule has 2 saturated heterocycles. The van der Waals surface area contributed by atoms with E-state index in [9.17, 15) is 0 Å². The summed E-state index contributed by atoms with van der Waals surface area (Å²) in [4.78, 5) is 5.25. The summed E-state index contributed by atoms with van der Waals surface area (Å²) in [6.45, 7) is 9.59. The molecule has 0 unspecified atom stereocenters. The van der Waals surface area contributed by atoms with Crippen molar-refractivity contribution in [2.75, 3.05) is 26.2 Å². The highest BCUT2D eigenvalue weighted by Gasteiger charge is 2.27. The largest absolute Gasteiger partial charge is 0.301 e. The summed E-state index contributed by atoms with van der Waals surface area (Å²) in [5.74, 6) is 1.87. The summed E-state index contributed by atoms with van der Waals surface area (Å²) >= 11 is 0. The highest BCUT2D eigenvalue weighted by molar-refractivity contribution is 4.91. The van der Waals surface area contributed by atoms with Crippen molar-refractivity contribution in [2.24, 2.45) is 13.0 Å². The van der Waals surface area contributed by atoms with Crippen molar-refractivity contribution in [3.63, 3.8) is 0 Å². The van der Waals surface area contributed by atoms with Crippen LogP contribution in [0, 0.1) is 5.92 Å². The van der Waals surface area contributed by atoms with E-state index in [1.165, 1.54) is 64.7 Å². The van der Waals surface area contributed by atoms with E-state index >= 15 is 0 Å². The minimum atomic E-state index is 0.318. The van der Waals surface area contributed by atoms with Crippen molar-refractivity contribution in [1.29, 1.82) is 0 Å². The van der Waals surface area contributed by atoms with Crippen LogP contribution in [0.15, 0.2) is 0 Å². The zero-order valence-electron chi connectivity index (χ0n) is 15.0. The number of tetrazole rings is 1. The molecule has 6 nitrogen and oxygen atoms in total. The van der Waals surface area contributed by atoms with E-state index in [4.69, 9.17) is 0 Å². The van der Waals surface area contributed by atoms with Crippen LogP contribution in [0.1, 0.15) is 64.2 Å². The second kappa shape index (κ2) is 7.71. The highest BCUT2D eigenvalue weighted by atomic mass is 15.5. The van der Waals surface area contributed by atoms with Gasteiger partial charge >= 0.3 is 0 Å². The molecule has 0 radical (unpaired) electrons. The molecule has 2 fully saturated rings. The lowest BCUT2D eigenvalue weighted by Crippen LogP contribution is -2.40. The molecule has 0 N–H and O–H groups in total. The van der Waals surface area contributed by atoms with Gasteiger partial charge in [0, 0.05) is 13.1 Å². The average molecular weight is 320 g/mol. The molecule has 2 atom stereocenters. The molecule has 1 aromatic heterocycles. The lowest BCUT2D eigenvalue weighted by atomic mass is 9.91. The third kappa shape index (κ3) is 4.10. The number of aromatic nitrogens is 4. The van der Waals surface area contributed by atoms with Gasteiger partial charge in [0.05, 0.1) is 6.04 Å². The average Bonchev–Trinajstić information content (AvgIpc) is 3.00. The Hall–Kier alpha value is -1.01. The van der Waals surface area contributed by atoms with Crippen LogP contribution >= 0.6 is 0 Å². The van der Waals surface area contributed by atoms with Crippen LogP contribution in [0.3, 0.4) is 0 Å². The number of piperidine rings is 2. The molecule has 3 heterocycles. The maximum Gasteiger partial charge on any atom is 0.167 e. The van der Waals surface area contributed by atoms with Crippen LogP contribution in [0.25, 0.3) is 0 Å². The quantitative estimate of drug-likeness (QED) is 0.833. The number of rotatable bonds is 5. The number of hydrogen-bond donors (Lipinski definition) is 0. The number of likely N-dealkylation sites (tertiary alicyclic amines) is 2. The van der Waals surface area contributed by atoms with E-state index in [2.05, 4.69) is 39.2 Å². The number of nitrogens with zero attached hydrogens (tertiary/aromatic N) is 6. The maximum absolute atomic E-state index is 4.17. The molecule has 0 aliphatic carbocycles. The molecule has 23 heavy (non-hydrogen) atoms. The molecule has 3 rings (SSSR count).